The molecule has 0 aliphatic rings. The topological polar surface area (TPSA) is 72.5 Å². The molecule has 2 aromatic carbocycles. The largest absolute Gasteiger partial charge is 0.465 e. The highest BCUT2D eigenvalue weighted by atomic mass is 32.2. The van der Waals surface area contributed by atoms with Crippen LogP contribution in [0.25, 0.3) is 0 Å². The molecular formula is C16H17NO4S. The Kier molecular flexibility index (Phi) is 4.51. The van der Waals surface area contributed by atoms with Crippen molar-refractivity contribution in [3.63, 3.8) is 0 Å². The quantitative estimate of drug-likeness (QED) is 0.880. The van der Waals surface area contributed by atoms with Crippen molar-refractivity contribution in [3.8, 4) is 0 Å². The molecule has 0 aliphatic heterocycles. The van der Waals surface area contributed by atoms with Crippen LogP contribution in [0.3, 0.4) is 0 Å². The molecule has 1 N–H and O–H groups in total. The average molecular weight is 319 g/mol. The Morgan fingerprint density at radius 3 is 2.27 bits per heavy atom. The number of sulfonamides is 1. The lowest BCUT2D eigenvalue weighted by Gasteiger charge is -2.11. The third-order valence-electron chi connectivity index (χ3n) is 3.20. The average Bonchev–Trinajstić information content (AvgIpc) is 2.49. The molecular weight excluding hydrogens is 302 g/mol. The van der Waals surface area contributed by atoms with Gasteiger partial charge < -0.3 is 4.74 Å². The fourth-order valence-corrected chi connectivity index (χ4v) is 3.30. The van der Waals surface area contributed by atoms with Crippen molar-refractivity contribution in [2.24, 2.45) is 0 Å². The third kappa shape index (κ3) is 3.46. The summed E-state index contributed by atoms with van der Waals surface area (Å²) < 4.78 is 32.1. The SMILES string of the molecule is COC(=O)c1ccc(C)c(S(=O)(=O)Nc2ccc(C)cc2)c1. The zero-order chi connectivity index (χ0) is 16.3. The molecule has 0 saturated heterocycles. The molecule has 6 heteroatoms. The standard InChI is InChI=1S/C16H17NO4S/c1-11-4-8-14(9-5-11)17-22(19,20)15-10-13(16(18)21-3)7-6-12(15)2/h4-10,17H,1-3H3. The molecule has 0 unspecified atom stereocenters. The van der Waals surface area contributed by atoms with Gasteiger partial charge in [-0.3, -0.25) is 4.72 Å². The highest BCUT2D eigenvalue weighted by Gasteiger charge is 2.19. The van der Waals surface area contributed by atoms with Crippen LogP contribution >= 0.6 is 0 Å². The van der Waals surface area contributed by atoms with Gasteiger partial charge in [0.25, 0.3) is 10.0 Å². The number of benzene rings is 2. The molecule has 0 aliphatic carbocycles. The van der Waals surface area contributed by atoms with Gasteiger partial charge in [0.05, 0.1) is 17.6 Å². The predicted octanol–water partition coefficient (Wildman–Crippen LogP) is 2.89. The van der Waals surface area contributed by atoms with E-state index in [-0.39, 0.29) is 10.5 Å². The van der Waals surface area contributed by atoms with Gasteiger partial charge >= 0.3 is 5.97 Å². The summed E-state index contributed by atoms with van der Waals surface area (Å²) in [6, 6.07) is 11.4. The van der Waals surface area contributed by atoms with E-state index in [4.69, 9.17) is 0 Å². The summed E-state index contributed by atoms with van der Waals surface area (Å²) in [5.74, 6) is -0.577. The van der Waals surface area contributed by atoms with E-state index in [0.29, 0.717) is 11.3 Å². The number of carbonyl (C=O) groups is 1. The Hall–Kier alpha value is -2.34. The van der Waals surface area contributed by atoms with Crippen LogP contribution in [0, 0.1) is 13.8 Å². The number of carbonyl (C=O) groups excluding carboxylic acids is 1. The summed E-state index contributed by atoms with van der Waals surface area (Å²) in [6.07, 6.45) is 0. The number of aryl methyl sites for hydroxylation is 2. The monoisotopic (exact) mass is 319 g/mol. The first-order valence-corrected chi connectivity index (χ1v) is 8.10. The first-order valence-electron chi connectivity index (χ1n) is 6.62. The van der Waals surface area contributed by atoms with Crippen molar-refractivity contribution in [1.82, 2.24) is 0 Å². The van der Waals surface area contributed by atoms with E-state index in [9.17, 15) is 13.2 Å². The van der Waals surface area contributed by atoms with Crippen molar-refractivity contribution < 1.29 is 17.9 Å². The number of hydrogen-bond acceptors (Lipinski definition) is 4. The summed E-state index contributed by atoms with van der Waals surface area (Å²) in [7, 11) is -2.53. The zero-order valence-corrected chi connectivity index (χ0v) is 13.4. The van der Waals surface area contributed by atoms with Crippen LogP contribution in [0.4, 0.5) is 5.69 Å². The van der Waals surface area contributed by atoms with Crippen LogP contribution in [-0.2, 0) is 14.8 Å². The van der Waals surface area contributed by atoms with E-state index in [2.05, 4.69) is 9.46 Å². The van der Waals surface area contributed by atoms with Gasteiger partial charge in [0.15, 0.2) is 0 Å². The second-order valence-corrected chi connectivity index (χ2v) is 6.59. The Balaban J connectivity index is 2.40. The molecule has 5 nitrogen and oxygen atoms in total. The molecule has 22 heavy (non-hydrogen) atoms. The summed E-state index contributed by atoms with van der Waals surface area (Å²) in [5, 5.41) is 0. The molecule has 0 radical (unpaired) electrons. The van der Waals surface area contributed by atoms with Crippen LogP contribution in [0.1, 0.15) is 21.5 Å². The van der Waals surface area contributed by atoms with Crippen molar-refractivity contribution in [2.45, 2.75) is 18.7 Å². The summed E-state index contributed by atoms with van der Waals surface area (Å²) in [6.45, 7) is 3.59. The lowest BCUT2D eigenvalue weighted by molar-refractivity contribution is 0.0600. The van der Waals surface area contributed by atoms with Crippen molar-refractivity contribution in [2.75, 3.05) is 11.8 Å². The third-order valence-corrected chi connectivity index (χ3v) is 4.73. The molecule has 0 saturated carbocycles. The number of methoxy groups -OCH3 is 1. The smallest absolute Gasteiger partial charge is 0.337 e. The number of nitrogens with one attached hydrogen (secondary N) is 1. The van der Waals surface area contributed by atoms with Gasteiger partial charge in [0, 0.05) is 5.69 Å². The second kappa shape index (κ2) is 6.19. The predicted molar refractivity (Wildman–Crippen MR) is 84.5 cm³/mol. The minimum atomic E-state index is -3.78. The Bertz CT molecular complexity index is 795. The van der Waals surface area contributed by atoms with Gasteiger partial charge in [0.2, 0.25) is 0 Å². The van der Waals surface area contributed by atoms with E-state index in [1.54, 1.807) is 25.1 Å². The normalized spacial score (nSPS) is 11.0. The van der Waals surface area contributed by atoms with Crippen LogP contribution in [0.5, 0.6) is 0 Å². The summed E-state index contributed by atoms with van der Waals surface area (Å²) >= 11 is 0. The van der Waals surface area contributed by atoms with E-state index in [0.717, 1.165) is 5.56 Å². The summed E-state index contributed by atoms with van der Waals surface area (Å²) in [5.41, 5.74) is 2.24. The van der Waals surface area contributed by atoms with E-state index in [1.165, 1.54) is 19.2 Å². The number of ether oxygens (including phenoxy) is 1. The van der Waals surface area contributed by atoms with Gasteiger partial charge in [-0.05, 0) is 43.7 Å². The highest BCUT2D eigenvalue weighted by Crippen LogP contribution is 2.21. The van der Waals surface area contributed by atoms with Crippen molar-refractivity contribution >= 4 is 21.7 Å². The minimum Gasteiger partial charge on any atom is -0.465 e. The van der Waals surface area contributed by atoms with Crippen LogP contribution in [0.15, 0.2) is 47.4 Å². The molecule has 0 fully saturated rings. The maximum Gasteiger partial charge on any atom is 0.337 e. The highest BCUT2D eigenvalue weighted by molar-refractivity contribution is 7.92. The van der Waals surface area contributed by atoms with Gasteiger partial charge in [-0.2, -0.15) is 0 Å². The van der Waals surface area contributed by atoms with E-state index >= 15 is 0 Å². The van der Waals surface area contributed by atoms with Gasteiger partial charge in [0.1, 0.15) is 0 Å². The van der Waals surface area contributed by atoms with Crippen molar-refractivity contribution in [3.05, 3.63) is 59.2 Å². The lowest BCUT2D eigenvalue weighted by atomic mass is 10.1. The molecule has 0 bridgehead atoms. The first kappa shape index (κ1) is 16.0. The lowest BCUT2D eigenvalue weighted by Crippen LogP contribution is -2.15. The Morgan fingerprint density at radius 1 is 1.05 bits per heavy atom. The molecule has 0 heterocycles. The van der Waals surface area contributed by atoms with Crippen LogP contribution < -0.4 is 4.72 Å². The van der Waals surface area contributed by atoms with Crippen LogP contribution in [-0.4, -0.2) is 21.5 Å². The van der Waals surface area contributed by atoms with Crippen molar-refractivity contribution in [1.29, 1.82) is 0 Å². The second-order valence-electron chi connectivity index (χ2n) is 4.94. The Morgan fingerprint density at radius 2 is 1.68 bits per heavy atom. The fourth-order valence-electron chi connectivity index (χ4n) is 1.97. The zero-order valence-electron chi connectivity index (χ0n) is 12.6. The van der Waals surface area contributed by atoms with Gasteiger partial charge in [-0.15, -0.1) is 0 Å². The maximum atomic E-state index is 12.5. The molecule has 2 rings (SSSR count). The first-order chi connectivity index (χ1) is 10.3. The Labute approximate surface area is 130 Å². The molecule has 0 atom stereocenters. The fraction of sp³-hybridized carbons (Fsp3) is 0.188. The van der Waals surface area contributed by atoms with E-state index < -0.39 is 16.0 Å². The number of anilines is 1. The van der Waals surface area contributed by atoms with Crippen LogP contribution in [0.2, 0.25) is 0 Å². The number of rotatable bonds is 4. The molecule has 0 aromatic heterocycles. The maximum absolute atomic E-state index is 12.5. The molecule has 116 valence electrons. The van der Waals surface area contributed by atoms with E-state index in [1.807, 2.05) is 19.1 Å². The van der Waals surface area contributed by atoms with Gasteiger partial charge in [-0.25, -0.2) is 13.2 Å². The number of hydrogen-bond donors (Lipinski definition) is 1. The molecule has 0 amide bonds. The number of esters is 1. The molecule has 2 aromatic rings. The van der Waals surface area contributed by atoms with Gasteiger partial charge in [-0.1, -0.05) is 23.8 Å². The summed E-state index contributed by atoms with van der Waals surface area (Å²) in [4.78, 5) is 11.6. The molecule has 0 spiro atoms. The minimum absolute atomic E-state index is 0.0518.